The van der Waals surface area contributed by atoms with Crippen molar-refractivity contribution in [3.63, 3.8) is 0 Å². The average molecular weight is 233 g/mol. The summed E-state index contributed by atoms with van der Waals surface area (Å²) in [6.07, 6.45) is 0. The van der Waals surface area contributed by atoms with E-state index in [4.69, 9.17) is 0 Å². The summed E-state index contributed by atoms with van der Waals surface area (Å²) in [5.41, 5.74) is 1.08. The molecule has 90 valence electrons. The van der Waals surface area contributed by atoms with Gasteiger partial charge in [-0.15, -0.1) is 0 Å². The number of anilines is 1. The van der Waals surface area contributed by atoms with E-state index < -0.39 is 11.7 Å². The molecule has 0 saturated carbocycles. The van der Waals surface area contributed by atoms with Gasteiger partial charge in [0.2, 0.25) is 0 Å². The Labute approximate surface area is 99.6 Å². The number of amides is 1. The highest BCUT2D eigenvalue weighted by molar-refractivity contribution is 6.51. The molecule has 3 rings (SSSR count). The van der Waals surface area contributed by atoms with E-state index in [1.807, 2.05) is 0 Å². The first kappa shape index (κ1) is 11.8. The molecule has 3 N–H and O–H groups in total. The SMILES string of the molecule is C1CNCCN1.O=C1Nc2ccccc2C1=O. The summed E-state index contributed by atoms with van der Waals surface area (Å²) in [5.74, 6) is -0.980. The van der Waals surface area contributed by atoms with Gasteiger partial charge in [0.15, 0.2) is 0 Å². The van der Waals surface area contributed by atoms with Crippen LogP contribution in [-0.2, 0) is 4.79 Å². The molecule has 0 spiro atoms. The minimum absolute atomic E-state index is 0.444. The predicted molar refractivity (Wildman–Crippen MR) is 65.1 cm³/mol. The zero-order valence-electron chi connectivity index (χ0n) is 9.45. The van der Waals surface area contributed by atoms with Crippen molar-refractivity contribution in [2.24, 2.45) is 0 Å². The second-order valence-electron chi connectivity index (χ2n) is 3.83. The van der Waals surface area contributed by atoms with E-state index in [1.165, 1.54) is 0 Å². The lowest BCUT2D eigenvalue weighted by Crippen LogP contribution is -2.39. The van der Waals surface area contributed by atoms with Crippen LogP contribution in [0.5, 0.6) is 0 Å². The first-order valence-corrected chi connectivity index (χ1v) is 5.65. The van der Waals surface area contributed by atoms with Crippen LogP contribution in [0, 0.1) is 0 Å². The summed E-state index contributed by atoms with van der Waals surface area (Å²) in [6.45, 7) is 4.56. The van der Waals surface area contributed by atoms with E-state index in [2.05, 4.69) is 16.0 Å². The molecule has 2 heterocycles. The zero-order chi connectivity index (χ0) is 12.1. The molecule has 0 atom stereocenters. The summed E-state index contributed by atoms with van der Waals surface area (Å²) >= 11 is 0. The standard InChI is InChI=1S/C8H5NO2.C4H10N2/c10-7-5-3-1-2-4-6(5)9-8(7)11;1-2-6-4-3-5-1/h1-4H,(H,9,10,11);5-6H,1-4H2. The number of ketones is 1. The second kappa shape index (κ2) is 5.56. The van der Waals surface area contributed by atoms with E-state index in [0.717, 1.165) is 26.2 Å². The third-order valence-corrected chi connectivity index (χ3v) is 2.58. The maximum Gasteiger partial charge on any atom is 0.296 e. The van der Waals surface area contributed by atoms with E-state index in [-0.39, 0.29) is 0 Å². The van der Waals surface area contributed by atoms with Gasteiger partial charge < -0.3 is 16.0 Å². The first-order valence-electron chi connectivity index (χ1n) is 5.65. The van der Waals surface area contributed by atoms with Crippen molar-refractivity contribution < 1.29 is 9.59 Å². The highest BCUT2D eigenvalue weighted by atomic mass is 16.2. The van der Waals surface area contributed by atoms with Crippen LogP contribution in [-0.4, -0.2) is 37.9 Å². The monoisotopic (exact) mass is 233 g/mol. The zero-order valence-corrected chi connectivity index (χ0v) is 9.45. The van der Waals surface area contributed by atoms with Crippen LogP contribution in [0.25, 0.3) is 0 Å². The predicted octanol–water partition coefficient (Wildman–Crippen LogP) is 0.000600. The highest BCUT2D eigenvalue weighted by Crippen LogP contribution is 2.21. The number of hydrogen-bond acceptors (Lipinski definition) is 4. The molecule has 2 aliphatic heterocycles. The molecule has 5 heteroatoms. The summed E-state index contributed by atoms with van der Waals surface area (Å²) in [5, 5.41) is 8.90. The lowest BCUT2D eigenvalue weighted by molar-refractivity contribution is -0.112. The number of para-hydroxylation sites is 1. The Balaban J connectivity index is 0.000000153. The lowest BCUT2D eigenvalue weighted by Gasteiger charge is -2.11. The number of carbonyl (C=O) groups excluding carboxylic acids is 2. The molecule has 0 bridgehead atoms. The van der Waals surface area contributed by atoms with Gasteiger partial charge in [-0.1, -0.05) is 12.1 Å². The summed E-state index contributed by atoms with van der Waals surface area (Å²) in [4.78, 5) is 21.8. The van der Waals surface area contributed by atoms with Crippen molar-refractivity contribution in [2.75, 3.05) is 31.5 Å². The molecule has 1 fully saturated rings. The molecule has 5 nitrogen and oxygen atoms in total. The molecule has 1 saturated heterocycles. The van der Waals surface area contributed by atoms with Gasteiger partial charge in [-0.25, -0.2) is 0 Å². The van der Waals surface area contributed by atoms with Crippen molar-refractivity contribution in [1.29, 1.82) is 0 Å². The maximum atomic E-state index is 11.0. The molecule has 2 aliphatic rings. The number of nitrogens with one attached hydrogen (secondary N) is 3. The normalized spacial score (nSPS) is 17.9. The van der Waals surface area contributed by atoms with E-state index >= 15 is 0 Å². The molecular weight excluding hydrogens is 218 g/mol. The van der Waals surface area contributed by atoms with Gasteiger partial charge in [-0.3, -0.25) is 9.59 Å². The molecular formula is C12H15N3O2. The molecule has 17 heavy (non-hydrogen) atoms. The number of benzene rings is 1. The van der Waals surface area contributed by atoms with Gasteiger partial charge in [-0.2, -0.15) is 0 Å². The van der Waals surface area contributed by atoms with Crippen molar-refractivity contribution in [1.82, 2.24) is 10.6 Å². The fourth-order valence-corrected chi connectivity index (χ4v) is 1.70. The quantitative estimate of drug-likeness (QED) is 0.552. The smallest absolute Gasteiger partial charge is 0.296 e. The number of hydrogen-bond donors (Lipinski definition) is 3. The van der Waals surface area contributed by atoms with Crippen LogP contribution in [0.4, 0.5) is 5.69 Å². The Morgan fingerprint density at radius 2 is 1.47 bits per heavy atom. The molecule has 0 aliphatic carbocycles. The van der Waals surface area contributed by atoms with Crippen molar-refractivity contribution in [3.8, 4) is 0 Å². The van der Waals surface area contributed by atoms with Crippen molar-refractivity contribution in [3.05, 3.63) is 29.8 Å². The number of fused-ring (bicyclic) bond motifs is 1. The third kappa shape index (κ3) is 2.89. The summed E-state index contributed by atoms with van der Waals surface area (Å²) in [6, 6.07) is 6.85. The van der Waals surface area contributed by atoms with Crippen LogP contribution in [0.1, 0.15) is 10.4 Å². The molecule has 1 aromatic carbocycles. The summed E-state index contributed by atoms with van der Waals surface area (Å²) < 4.78 is 0. The lowest BCUT2D eigenvalue weighted by atomic mass is 10.1. The van der Waals surface area contributed by atoms with Gasteiger partial charge in [-0.05, 0) is 12.1 Å². The molecule has 1 aromatic rings. The average Bonchev–Trinajstić information content (AvgIpc) is 2.69. The molecule has 0 aromatic heterocycles. The van der Waals surface area contributed by atoms with Crippen molar-refractivity contribution >= 4 is 17.4 Å². The van der Waals surface area contributed by atoms with Crippen LogP contribution in [0.15, 0.2) is 24.3 Å². The van der Waals surface area contributed by atoms with Gasteiger partial charge >= 0.3 is 0 Å². The minimum Gasteiger partial charge on any atom is -0.318 e. The molecule has 0 radical (unpaired) electrons. The van der Waals surface area contributed by atoms with Gasteiger partial charge in [0.1, 0.15) is 0 Å². The topological polar surface area (TPSA) is 70.2 Å². The van der Waals surface area contributed by atoms with Crippen LogP contribution < -0.4 is 16.0 Å². The minimum atomic E-state index is -0.536. The molecule has 0 unspecified atom stereocenters. The van der Waals surface area contributed by atoms with Gasteiger partial charge in [0.25, 0.3) is 11.7 Å². The van der Waals surface area contributed by atoms with E-state index in [9.17, 15) is 9.59 Å². The number of carbonyl (C=O) groups is 2. The largest absolute Gasteiger partial charge is 0.318 e. The fourth-order valence-electron chi connectivity index (χ4n) is 1.70. The number of rotatable bonds is 0. The Morgan fingerprint density at radius 1 is 0.882 bits per heavy atom. The maximum absolute atomic E-state index is 11.0. The van der Waals surface area contributed by atoms with Crippen LogP contribution in [0.2, 0.25) is 0 Å². The Hall–Kier alpha value is -1.72. The first-order chi connectivity index (χ1) is 8.29. The Morgan fingerprint density at radius 3 is 2.00 bits per heavy atom. The third-order valence-electron chi connectivity index (χ3n) is 2.58. The van der Waals surface area contributed by atoms with Crippen molar-refractivity contribution in [2.45, 2.75) is 0 Å². The number of piperazine rings is 1. The van der Waals surface area contributed by atoms with E-state index in [0.29, 0.717) is 11.3 Å². The second-order valence-corrected chi connectivity index (χ2v) is 3.83. The Bertz CT molecular complexity index is 416. The van der Waals surface area contributed by atoms with Gasteiger partial charge in [0, 0.05) is 26.2 Å². The van der Waals surface area contributed by atoms with E-state index in [1.54, 1.807) is 24.3 Å². The Kier molecular flexibility index (Phi) is 3.85. The fraction of sp³-hybridized carbons (Fsp3) is 0.333. The van der Waals surface area contributed by atoms with Crippen LogP contribution in [0.3, 0.4) is 0 Å². The van der Waals surface area contributed by atoms with Gasteiger partial charge in [0.05, 0.1) is 11.3 Å². The van der Waals surface area contributed by atoms with Crippen LogP contribution >= 0.6 is 0 Å². The summed E-state index contributed by atoms with van der Waals surface area (Å²) in [7, 11) is 0. The highest BCUT2D eigenvalue weighted by Gasteiger charge is 2.26. The number of Topliss-reactive ketones (excluding diaryl/α,β-unsaturated/α-hetero) is 1. The molecule has 1 amide bonds.